The Hall–Kier alpha value is -1.99. The van der Waals surface area contributed by atoms with E-state index >= 15 is 0 Å². The Morgan fingerprint density at radius 1 is 1.29 bits per heavy atom. The highest BCUT2D eigenvalue weighted by Crippen LogP contribution is 2.38. The second kappa shape index (κ2) is 8.57. The molecule has 0 radical (unpaired) electrons. The molecule has 3 atom stereocenters. The van der Waals surface area contributed by atoms with E-state index in [0.717, 1.165) is 57.3 Å². The van der Waals surface area contributed by atoms with Crippen molar-refractivity contribution in [2.24, 2.45) is 0 Å². The lowest BCUT2D eigenvalue weighted by Gasteiger charge is -2.40. The van der Waals surface area contributed by atoms with Crippen LogP contribution in [-0.2, 0) is 20.7 Å². The van der Waals surface area contributed by atoms with Crippen molar-refractivity contribution in [3.63, 3.8) is 0 Å². The molecule has 2 N–H and O–H groups in total. The number of carbonyl (C=O) groups excluding carboxylic acids is 2. The smallest absolute Gasteiger partial charge is 0.249 e. The molecule has 3 fully saturated rings. The normalized spacial score (nSPS) is 30.0. The maximum Gasteiger partial charge on any atom is 0.249 e. The molecule has 7 heteroatoms. The van der Waals surface area contributed by atoms with E-state index in [0.29, 0.717) is 19.6 Å². The maximum absolute atomic E-state index is 13.2. The molecule has 0 bridgehead atoms. The molecule has 3 aliphatic heterocycles. The van der Waals surface area contributed by atoms with E-state index in [1.807, 2.05) is 18.2 Å². The number of carbonyl (C=O) groups is 2. The number of aromatic nitrogens is 1. The van der Waals surface area contributed by atoms with Crippen molar-refractivity contribution in [2.45, 2.75) is 62.6 Å². The quantitative estimate of drug-likeness (QED) is 0.763. The molecule has 152 valence electrons. The minimum absolute atomic E-state index is 0.0105. The zero-order chi connectivity index (χ0) is 19.4. The summed E-state index contributed by atoms with van der Waals surface area (Å²) < 4.78 is 5.50. The molecular formula is C21H30N4O3. The lowest BCUT2D eigenvalue weighted by molar-refractivity contribution is -0.134. The summed E-state index contributed by atoms with van der Waals surface area (Å²) in [5.74, 6) is 0.0741. The van der Waals surface area contributed by atoms with Gasteiger partial charge in [0, 0.05) is 44.0 Å². The van der Waals surface area contributed by atoms with Gasteiger partial charge in [-0.2, -0.15) is 0 Å². The number of ether oxygens (including phenoxy) is 1. The summed E-state index contributed by atoms with van der Waals surface area (Å²) in [5.41, 5.74) is 0.491. The highest BCUT2D eigenvalue weighted by atomic mass is 16.5. The van der Waals surface area contributed by atoms with E-state index in [1.54, 1.807) is 6.20 Å². The van der Waals surface area contributed by atoms with Crippen LogP contribution in [0, 0.1) is 0 Å². The van der Waals surface area contributed by atoms with Crippen molar-refractivity contribution in [3.8, 4) is 0 Å². The standard InChI is InChI=1S/C21H30N4O3/c26-19(18-7-5-13-28-18)24-17-14-21(9-2-4-12-25(21)15-17)20(27)23-11-8-16-6-1-3-10-22-16/h1,3,6,10,17-18H,2,4-5,7-9,11-15H2,(H,23,27)(H,24,26)/t17-,18+,21-/m0/s1. The number of fused-ring (bicyclic) bond motifs is 1. The zero-order valence-corrected chi connectivity index (χ0v) is 16.4. The third-order valence-electron chi connectivity index (χ3n) is 6.28. The molecule has 1 aromatic heterocycles. The molecule has 3 aliphatic rings. The van der Waals surface area contributed by atoms with Crippen molar-refractivity contribution in [2.75, 3.05) is 26.2 Å². The summed E-state index contributed by atoms with van der Waals surface area (Å²) in [6.07, 6.45) is 7.61. The Kier molecular flexibility index (Phi) is 5.92. The monoisotopic (exact) mass is 386 g/mol. The van der Waals surface area contributed by atoms with Gasteiger partial charge in [-0.05, 0) is 57.2 Å². The second-order valence-electron chi connectivity index (χ2n) is 8.17. The van der Waals surface area contributed by atoms with E-state index in [4.69, 9.17) is 4.74 Å². The average molecular weight is 386 g/mol. The van der Waals surface area contributed by atoms with Crippen molar-refractivity contribution >= 4 is 11.8 Å². The molecule has 4 heterocycles. The lowest BCUT2D eigenvalue weighted by atomic mass is 9.84. The summed E-state index contributed by atoms with van der Waals surface area (Å²) >= 11 is 0. The first-order valence-corrected chi connectivity index (χ1v) is 10.5. The molecule has 0 spiro atoms. The lowest BCUT2D eigenvalue weighted by Crippen LogP contribution is -2.57. The summed E-state index contributed by atoms with van der Waals surface area (Å²) in [7, 11) is 0. The van der Waals surface area contributed by atoms with Crippen LogP contribution in [0.4, 0.5) is 0 Å². The van der Waals surface area contributed by atoms with Gasteiger partial charge in [0.15, 0.2) is 0 Å². The van der Waals surface area contributed by atoms with Crippen molar-refractivity contribution in [1.82, 2.24) is 20.5 Å². The van der Waals surface area contributed by atoms with Crippen LogP contribution in [0.2, 0.25) is 0 Å². The largest absolute Gasteiger partial charge is 0.368 e. The van der Waals surface area contributed by atoms with Crippen LogP contribution in [-0.4, -0.2) is 65.6 Å². The Morgan fingerprint density at radius 3 is 3.00 bits per heavy atom. The van der Waals surface area contributed by atoms with Gasteiger partial charge in [-0.1, -0.05) is 6.07 Å². The van der Waals surface area contributed by atoms with Crippen molar-refractivity contribution in [3.05, 3.63) is 30.1 Å². The fourth-order valence-corrected chi connectivity index (χ4v) is 4.87. The number of rotatable bonds is 6. The number of nitrogens with zero attached hydrogens (tertiary/aromatic N) is 2. The van der Waals surface area contributed by atoms with E-state index in [9.17, 15) is 9.59 Å². The zero-order valence-electron chi connectivity index (χ0n) is 16.4. The molecule has 28 heavy (non-hydrogen) atoms. The van der Waals surface area contributed by atoms with Gasteiger partial charge in [0.25, 0.3) is 0 Å². The summed E-state index contributed by atoms with van der Waals surface area (Å²) in [4.78, 5) is 32.2. The van der Waals surface area contributed by atoms with Gasteiger partial charge in [0.05, 0.1) is 0 Å². The molecule has 2 amide bonds. The predicted molar refractivity (Wildman–Crippen MR) is 105 cm³/mol. The van der Waals surface area contributed by atoms with Gasteiger partial charge in [-0.25, -0.2) is 0 Å². The summed E-state index contributed by atoms with van der Waals surface area (Å²) in [5, 5.41) is 6.28. The Labute approximate surface area is 166 Å². The highest BCUT2D eigenvalue weighted by Gasteiger charge is 2.52. The van der Waals surface area contributed by atoms with Crippen LogP contribution in [0.15, 0.2) is 24.4 Å². The van der Waals surface area contributed by atoms with Crippen LogP contribution < -0.4 is 10.6 Å². The number of hydrogen-bond donors (Lipinski definition) is 2. The molecular weight excluding hydrogens is 356 g/mol. The first-order valence-electron chi connectivity index (χ1n) is 10.5. The molecule has 1 aromatic rings. The minimum atomic E-state index is -0.489. The van der Waals surface area contributed by atoms with Crippen LogP contribution in [0.1, 0.15) is 44.2 Å². The summed E-state index contributed by atoms with van der Waals surface area (Å²) in [6, 6.07) is 5.84. The number of piperidine rings is 1. The van der Waals surface area contributed by atoms with E-state index in [-0.39, 0.29) is 24.0 Å². The Balaban J connectivity index is 1.35. The van der Waals surface area contributed by atoms with Gasteiger partial charge < -0.3 is 15.4 Å². The Morgan fingerprint density at radius 2 is 2.21 bits per heavy atom. The molecule has 3 saturated heterocycles. The molecule has 0 aromatic carbocycles. The van der Waals surface area contributed by atoms with Gasteiger partial charge in [0.1, 0.15) is 11.6 Å². The van der Waals surface area contributed by atoms with Gasteiger partial charge in [-0.15, -0.1) is 0 Å². The second-order valence-corrected chi connectivity index (χ2v) is 8.17. The highest BCUT2D eigenvalue weighted by molar-refractivity contribution is 5.87. The first kappa shape index (κ1) is 19.3. The molecule has 0 saturated carbocycles. The van der Waals surface area contributed by atoms with Crippen molar-refractivity contribution < 1.29 is 14.3 Å². The summed E-state index contributed by atoms with van der Waals surface area (Å²) in [6.45, 7) is 2.90. The van der Waals surface area contributed by atoms with Gasteiger partial charge in [-0.3, -0.25) is 19.5 Å². The average Bonchev–Trinajstić information content (AvgIpc) is 3.37. The van der Waals surface area contributed by atoms with Crippen LogP contribution in [0.5, 0.6) is 0 Å². The third-order valence-corrected chi connectivity index (χ3v) is 6.28. The van der Waals surface area contributed by atoms with Crippen LogP contribution >= 0.6 is 0 Å². The van der Waals surface area contributed by atoms with Crippen LogP contribution in [0.3, 0.4) is 0 Å². The molecule has 0 aliphatic carbocycles. The minimum Gasteiger partial charge on any atom is -0.368 e. The first-order chi connectivity index (χ1) is 13.7. The predicted octanol–water partition coefficient (Wildman–Crippen LogP) is 1.03. The topological polar surface area (TPSA) is 83.6 Å². The maximum atomic E-state index is 13.2. The SMILES string of the molecule is O=C(N[C@@H]1CN2CCCC[C@@]2(C(=O)NCCc2ccccn2)C1)[C@H]1CCCO1. The van der Waals surface area contributed by atoms with Crippen LogP contribution in [0.25, 0.3) is 0 Å². The number of hydrogen-bond acceptors (Lipinski definition) is 5. The van der Waals surface area contributed by atoms with Gasteiger partial charge in [0.2, 0.25) is 11.8 Å². The van der Waals surface area contributed by atoms with E-state index in [2.05, 4.69) is 20.5 Å². The van der Waals surface area contributed by atoms with E-state index in [1.165, 1.54) is 0 Å². The fourth-order valence-electron chi connectivity index (χ4n) is 4.87. The van der Waals surface area contributed by atoms with Crippen molar-refractivity contribution in [1.29, 1.82) is 0 Å². The Bertz CT molecular complexity index is 692. The third kappa shape index (κ3) is 4.05. The number of amides is 2. The molecule has 4 rings (SSSR count). The number of nitrogens with one attached hydrogen (secondary N) is 2. The van der Waals surface area contributed by atoms with Gasteiger partial charge >= 0.3 is 0 Å². The fraction of sp³-hybridized carbons (Fsp3) is 0.667. The number of pyridine rings is 1. The molecule has 7 nitrogen and oxygen atoms in total. The molecule has 0 unspecified atom stereocenters. The van der Waals surface area contributed by atoms with E-state index < -0.39 is 5.54 Å².